The normalized spacial score (nSPS) is 24.1. The van der Waals surface area contributed by atoms with E-state index in [0.717, 1.165) is 6.42 Å². The maximum Gasteiger partial charge on any atom is 0.320 e. The Morgan fingerprint density at radius 3 is 3.05 bits per heavy atom. The van der Waals surface area contributed by atoms with E-state index in [0.29, 0.717) is 24.0 Å². The van der Waals surface area contributed by atoms with Gasteiger partial charge in [0, 0.05) is 11.6 Å². The predicted molar refractivity (Wildman–Crippen MR) is 72.1 cm³/mol. The van der Waals surface area contributed by atoms with Crippen molar-refractivity contribution in [3.63, 3.8) is 0 Å². The van der Waals surface area contributed by atoms with Gasteiger partial charge in [0.05, 0.1) is 6.54 Å². The van der Waals surface area contributed by atoms with Gasteiger partial charge in [-0.05, 0) is 25.3 Å². The monoisotopic (exact) mass is 283 g/mol. The van der Waals surface area contributed by atoms with Gasteiger partial charge in [-0.2, -0.15) is 0 Å². The first-order valence-corrected chi connectivity index (χ1v) is 7.10. The van der Waals surface area contributed by atoms with E-state index in [2.05, 4.69) is 10.3 Å². The van der Waals surface area contributed by atoms with E-state index in [9.17, 15) is 14.7 Å². The number of carboxylic acids is 1. The Kier molecular flexibility index (Phi) is 4.49. The van der Waals surface area contributed by atoms with Crippen LogP contribution in [0, 0.1) is 5.92 Å². The molecule has 6 nitrogen and oxygen atoms in total. The molecule has 0 aromatic carbocycles. The molecule has 1 saturated heterocycles. The van der Waals surface area contributed by atoms with E-state index in [4.69, 9.17) is 0 Å². The molecule has 0 spiro atoms. The summed E-state index contributed by atoms with van der Waals surface area (Å²) in [6.07, 6.45) is 3.14. The number of nitrogens with one attached hydrogen (secondary N) is 1. The number of likely N-dealkylation sites (tertiary alicyclic amines) is 1. The van der Waals surface area contributed by atoms with Gasteiger partial charge in [0.15, 0.2) is 5.13 Å². The molecule has 19 heavy (non-hydrogen) atoms. The molecule has 2 atom stereocenters. The zero-order chi connectivity index (χ0) is 13.8. The Labute approximate surface area is 115 Å². The third-order valence-electron chi connectivity index (χ3n) is 3.29. The number of hydrogen-bond acceptors (Lipinski definition) is 5. The first-order chi connectivity index (χ1) is 9.06. The summed E-state index contributed by atoms with van der Waals surface area (Å²) in [7, 11) is 0. The minimum atomic E-state index is -0.853. The summed E-state index contributed by atoms with van der Waals surface area (Å²) in [6.45, 7) is 2.79. The molecule has 104 valence electrons. The minimum absolute atomic E-state index is 0.100. The molecule has 0 bridgehead atoms. The smallest absolute Gasteiger partial charge is 0.320 e. The molecule has 0 saturated carbocycles. The van der Waals surface area contributed by atoms with Gasteiger partial charge in [0.25, 0.3) is 0 Å². The number of aromatic nitrogens is 1. The summed E-state index contributed by atoms with van der Waals surface area (Å²) < 4.78 is 0. The van der Waals surface area contributed by atoms with Crippen LogP contribution >= 0.6 is 11.3 Å². The molecule has 1 aliphatic rings. The molecule has 7 heteroatoms. The molecule has 1 aromatic heterocycles. The highest BCUT2D eigenvalue weighted by molar-refractivity contribution is 7.13. The van der Waals surface area contributed by atoms with Crippen LogP contribution in [0.5, 0.6) is 0 Å². The van der Waals surface area contributed by atoms with Crippen molar-refractivity contribution in [2.75, 3.05) is 18.4 Å². The van der Waals surface area contributed by atoms with Crippen molar-refractivity contribution in [1.82, 2.24) is 9.88 Å². The molecule has 2 heterocycles. The number of carbonyl (C=O) groups excluding carboxylic acids is 1. The van der Waals surface area contributed by atoms with Crippen LogP contribution in [0.2, 0.25) is 0 Å². The topological polar surface area (TPSA) is 82.5 Å². The van der Waals surface area contributed by atoms with E-state index in [-0.39, 0.29) is 12.5 Å². The van der Waals surface area contributed by atoms with Crippen LogP contribution in [-0.4, -0.2) is 46.0 Å². The summed E-state index contributed by atoms with van der Waals surface area (Å²) in [5, 5.41) is 14.2. The van der Waals surface area contributed by atoms with Crippen LogP contribution in [0.1, 0.15) is 19.8 Å². The van der Waals surface area contributed by atoms with E-state index in [1.165, 1.54) is 11.3 Å². The van der Waals surface area contributed by atoms with Crippen LogP contribution in [0.25, 0.3) is 0 Å². The molecule has 0 radical (unpaired) electrons. The van der Waals surface area contributed by atoms with E-state index < -0.39 is 12.0 Å². The average Bonchev–Trinajstić information content (AvgIpc) is 2.83. The second kappa shape index (κ2) is 6.12. The highest BCUT2D eigenvalue weighted by atomic mass is 32.1. The van der Waals surface area contributed by atoms with Gasteiger partial charge in [0.2, 0.25) is 5.91 Å². The lowest BCUT2D eigenvalue weighted by atomic mass is 9.92. The van der Waals surface area contributed by atoms with Crippen molar-refractivity contribution in [2.45, 2.75) is 25.8 Å². The molecule has 2 rings (SSSR count). The maximum absolute atomic E-state index is 11.8. The van der Waals surface area contributed by atoms with Crippen molar-refractivity contribution in [3.8, 4) is 0 Å². The van der Waals surface area contributed by atoms with E-state index >= 15 is 0 Å². The van der Waals surface area contributed by atoms with Gasteiger partial charge in [-0.25, -0.2) is 4.98 Å². The maximum atomic E-state index is 11.8. The molecule has 1 aliphatic heterocycles. The lowest BCUT2D eigenvalue weighted by Gasteiger charge is -2.35. The molecule has 2 unspecified atom stereocenters. The summed E-state index contributed by atoms with van der Waals surface area (Å²) in [6, 6.07) is -0.564. The Morgan fingerprint density at radius 2 is 2.42 bits per heavy atom. The predicted octanol–water partition coefficient (Wildman–Crippen LogP) is 1.27. The first-order valence-electron chi connectivity index (χ1n) is 6.22. The molecule has 0 aliphatic carbocycles. The molecule has 1 fully saturated rings. The molecule has 1 amide bonds. The van der Waals surface area contributed by atoms with E-state index in [1.54, 1.807) is 16.5 Å². The number of carboxylic acid groups (broad SMARTS) is 1. The Morgan fingerprint density at radius 1 is 1.63 bits per heavy atom. The fourth-order valence-corrected chi connectivity index (χ4v) is 2.81. The Hall–Kier alpha value is -1.47. The van der Waals surface area contributed by atoms with Crippen molar-refractivity contribution in [1.29, 1.82) is 0 Å². The second-order valence-corrected chi connectivity index (χ2v) is 5.73. The third kappa shape index (κ3) is 3.74. The molecule has 1 aromatic rings. The highest BCUT2D eigenvalue weighted by Crippen LogP contribution is 2.22. The van der Waals surface area contributed by atoms with Crippen LogP contribution in [0.4, 0.5) is 5.13 Å². The minimum Gasteiger partial charge on any atom is -0.480 e. The summed E-state index contributed by atoms with van der Waals surface area (Å²) in [5.74, 6) is -0.677. The molecular weight excluding hydrogens is 266 g/mol. The standard InChI is InChI=1S/C12H17N3O3S/c1-8-2-4-15(9(6-8)11(17)18)7-10(16)14-12-13-3-5-19-12/h3,5,8-9H,2,4,6-7H2,1H3,(H,17,18)(H,13,14,16). The Balaban J connectivity index is 1.92. The average molecular weight is 283 g/mol. The zero-order valence-electron chi connectivity index (χ0n) is 10.7. The summed E-state index contributed by atoms with van der Waals surface area (Å²) in [5.41, 5.74) is 0. The van der Waals surface area contributed by atoms with Gasteiger partial charge in [-0.15, -0.1) is 11.3 Å². The quantitative estimate of drug-likeness (QED) is 0.869. The number of aliphatic carboxylic acids is 1. The van der Waals surface area contributed by atoms with Gasteiger partial charge < -0.3 is 10.4 Å². The second-order valence-electron chi connectivity index (χ2n) is 4.84. The van der Waals surface area contributed by atoms with Crippen LogP contribution in [0.15, 0.2) is 11.6 Å². The number of thiazole rings is 1. The number of carbonyl (C=O) groups is 2. The largest absolute Gasteiger partial charge is 0.480 e. The molecule has 2 N–H and O–H groups in total. The van der Waals surface area contributed by atoms with Crippen molar-refractivity contribution >= 4 is 28.3 Å². The van der Waals surface area contributed by atoms with Gasteiger partial charge in [-0.1, -0.05) is 6.92 Å². The van der Waals surface area contributed by atoms with Gasteiger partial charge in [-0.3, -0.25) is 14.5 Å². The third-order valence-corrected chi connectivity index (χ3v) is 3.97. The highest BCUT2D eigenvalue weighted by Gasteiger charge is 2.32. The van der Waals surface area contributed by atoms with Crippen LogP contribution < -0.4 is 5.32 Å². The van der Waals surface area contributed by atoms with Crippen LogP contribution in [0.3, 0.4) is 0 Å². The number of rotatable bonds is 4. The zero-order valence-corrected chi connectivity index (χ0v) is 11.5. The van der Waals surface area contributed by atoms with Crippen molar-refractivity contribution < 1.29 is 14.7 Å². The summed E-state index contributed by atoms with van der Waals surface area (Å²) >= 11 is 1.34. The van der Waals surface area contributed by atoms with Gasteiger partial charge in [0.1, 0.15) is 6.04 Å². The SMILES string of the molecule is CC1CCN(CC(=O)Nc2nccs2)C(C(=O)O)C1. The number of amides is 1. The lowest BCUT2D eigenvalue weighted by Crippen LogP contribution is -2.49. The number of anilines is 1. The molecular formula is C12H17N3O3S. The van der Waals surface area contributed by atoms with E-state index in [1.807, 2.05) is 6.92 Å². The number of nitrogens with zero attached hydrogens (tertiary/aromatic N) is 2. The fourth-order valence-electron chi connectivity index (χ4n) is 2.26. The summed E-state index contributed by atoms with van der Waals surface area (Å²) in [4.78, 5) is 28.8. The van der Waals surface area contributed by atoms with Gasteiger partial charge >= 0.3 is 5.97 Å². The number of hydrogen-bond donors (Lipinski definition) is 2. The fraction of sp³-hybridized carbons (Fsp3) is 0.583. The van der Waals surface area contributed by atoms with Crippen molar-refractivity contribution in [2.24, 2.45) is 5.92 Å². The number of piperidine rings is 1. The first kappa shape index (κ1) is 14.0. The Bertz CT molecular complexity index is 449. The van der Waals surface area contributed by atoms with Crippen molar-refractivity contribution in [3.05, 3.63) is 11.6 Å². The van der Waals surface area contributed by atoms with Crippen LogP contribution in [-0.2, 0) is 9.59 Å². The lowest BCUT2D eigenvalue weighted by molar-refractivity contribution is -0.145.